The fourth-order valence-corrected chi connectivity index (χ4v) is 3.48. The van der Waals surface area contributed by atoms with Gasteiger partial charge in [-0.1, -0.05) is 41.9 Å². The Hall–Kier alpha value is -2.92. The van der Waals surface area contributed by atoms with Gasteiger partial charge in [-0.05, 0) is 43.2 Å². The molecule has 0 saturated carbocycles. The third kappa shape index (κ3) is 3.38. The smallest absolute Gasteiger partial charge is 0.168 e. The van der Waals surface area contributed by atoms with E-state index < -0.39 is 0 Å². The summed E-state index contributed by atoms with van der Waals surface area (Å²) in [6, 6.07) is 16.2. The lowest BCUT2D eigenvalue weighted by Crippen LogP contribution is -2.23. The van der Waals surface area contributed by atoms with Gasteiger partial charge in [-0.2, -0.15) is 5.10 Å². The van der Waals surface area contributed by atoms with Crippen LogP contribution in [0.2, 0.25) is 5.02 Å². The molecule has 27 heavy (non-hydrogen) atoms. The van der Waals surface area contributed by atoms with Crippen LogP contribution < -0.4 is 4.90 Å². The Morgan fingerprint density at radius 3 is 2.63 bits per heavy atom. The monoisotopic (exact) mass is 377 g/mol. The summed E-state index contributed by atoms with van der Waals surface area (Å²) >= 11 is 6.10. The van der Waals surface area contributed by atoms with Crippen molar-refractivity contribution in [3.8, 4) is 5.69 Å². The van der Waals surface area contributed by atoms with E-state index >= 15 is 0 Å². The fraction of sp³-hybridized carbons (Fsp3) is 0.190. The summed E-state index contributed by atoms with van der Waals surface area (Å²) in [6.07, 6.45) is 3.45. The van der Waals surface area contributed by atoms with Crippen LogP contribution in [0.3, 0.4) is 0 Å². The van der Waals surface area contributed by atoms with E-state index in [9.17, 15) is 0 Å². The third-order valence-electron chi connectivity index (χ3n) is 4.63. The minimum absolute atomic E-state index is 0.711. The minimum Gasteiger partial charge on any atom is -0.352 e. The highest BCUT2D eigenvalue weighted by molar-refractivity contribution is 6.30. The molecule has 0 aliphatic carbocycles. The average molecular weight is 378 g/mol. The molecule has 0 atom stereocenters. The van der Waals surface area contributed by atoms with Gasteiger partial charge in [0.05, 0.1) is 17.3 Å². The topological polar surface area (TPSA) is 46.8 Å². The molecule has 0 spiro atoms. The quantitative estimate of drug-likeness (QED) is 0.501. The summed E-state index contributed by atoms with van der Waals surface area (Å²) in [5.41, 5.74) is 4.04. The SMILES string of the molecule is CCN(Cc1ccccc1)c1ncnc2c1cnn2-c1ccc(Cl)cc1C. The van der Waals surface area contributed by atoms with E-state index in [4.69, 9.17) is 11.6 Å². The summed E-state index contributed by atoms with van der Waals surface area (Å²) in [6.45, 7) is 5.77. The summed E-state index contributed by atoms with van der Waals surface area (Å²) in [5, 5.41) is 6.23. The number of nitrogens with zero attached hydrogens (tertiary/aromatic N) is 5. The van der Waals surface area contributed by atoms with E-state index in [1.807, 2.05) is 42.1 Å². The van der Waals surface area contributed by atoms with Crippen molar-refractivity contribution in [2.24, 2.45) is 0 Å². The van der Waals surface area contributed by atoms with E-state index in [2.05, 4.69) is 51.2 Å². The molecular formula is C21H20ClN5. The van der Waals surface area contributed by atoms with Crippen LogP contribution in [-0.2, 0) is 6.54 Å². The van der Waals surface area contributed by atoms with Crippen molar-refractivity contribution in [2.45, 2.75) is 20.4 Å². The van der Waals surface area contributed by atoms with Crippen molar-refractivity contribution >= 4 is 28.5 Å². The molecule has 0 aliphatic heterocycles. The zero-order valence-electron chi connectivity index (χ0n) is 15.3. The van der Waals surface area contributed by atoms with Crippen molar-refractivity contribution in [1.82, 2.24) is 19.7 Å². The van der Waals surface area contributed by atoms with Gasteiger partial charge in [0.25, 0.3) is 0 Å². The molecule has 0 N–H and O–H groups in total. The zero-order chi connectivity index (χ0) is 18.8. The molecule has 4 aromatic rings. The summed E-state index contributed by atoms with van der Waals surface area (Å²) in [5.74, 6) is 0.893. The standard InChI is InChI=1S/C21H20ClN5/c1-3-26(13-16-7-5-4-6-8-16)20-18-12-25-27(21(18)24-14-23-20)19-10-9-17(22)11-15(19)2/h4-12,14H,3,13H2,1-2H3. The maximum absolute atomic E-state index is 6.10. The maximum Gasteiger partial charge on any atom is 0.168 e. The Kier molecular flexibility index (Phi) is 4.77. The third-order valence-corrected chi connectivity index (χ3v) is 4.86. The largest absolute Gasteiger partial charge is 0.352 e. The lowest BCUT2D eigenvalue weighted by atomic mass is 10.2. The number of benzene rings is 2. The van der Waals surface area contributed by atoms with Crippen molar-refractivity contribution in [2.75, 3.05) is 11.4 Å². The number of aromatic nitrogens is 4. The van der Waals surface area contributed by atoms with Crippen LogP contribution in [0.15, 0.2) is 61.1 Å². The van der Waals surface area contributed by atoms with Crippen LogP contribution in [0, 0.1) is 6.92 Å². The molecule has 136 valence electrons. The fourth-order valence-electron chi connectivity index (χ4n) is 3.26. The second-order valence-electron chi connectivity index (χ2n) is 6.42. The highest BCUT2D eigenvalue weighted by Crippen LogP contribution is 2.27. The first-order valence-electron chi connectivity index (χ1n) is 8.91. The molecule has 0 radical (unpaired) electrons. The van der Waals surface area contributed by atoms with E-state index in [1.54, 1.807) is 6.33 Å². The highest BCUT2D eigenvalue weighted by atomic mass is 35.5. The molecule has 0 aliphatic rings. The van der Waals surface area contributed by atoms with Crippen molar-refractivity contribution in [3.63, 3.8) is 0 Å². The van der Waals surface area contributed by atoms with Crippen LogP contribution in [0.1, 0.15) is 18.1 Å². The molecule has 0 amide bonds. The molecule has 0 bridgehead atoms. The first-order valence-corrected chi connectivity index (χ1v) is 9.29. The number of aryl methyl sites for hydroxylation is 1. The predicted octanol–water partition coefficient (Wildman–Crippen LogP) is 4.80. The Morgan fingerprint density at radius 1 is 1.07 bits per heavy atom. The van der Waals surface area contributed by atoms with Crippen LogP contribution in [0.5, 0.6) is 0 Å². The zero-order valence-corrected chi connectivity index (χ0v) is 16.1. The number of hydrogen-bond donors (Lipinski definition) is 0. The van der Waals surface area contributed by atoms with Crippen LogP contribution in [-0.4, -0.2) is 26.3 Å². The van der Waals surface area contributed by atoms with E-state index in [1.165, 1.54) is 5.56 Å². The Balaban J connectivity index is 1.78. The van der Waals surface area contributed by atoms with Gasteiger partial charge < -0.3 is 4.90 Å². The van der Waals surface area contributed by atoms with Gasteiger partial charge in [-0.3, -0.25) is 0 Å². The maximum atomic E-state index is 6.10. The van der Waals surface area contributed by atoms with Gasteiger partial charge in [0, 0.05) is 18.1 Å². The second-order valence-corrected chi connectivity index (χ2v) is 6.86. The van der Waals surface area contributed by atoms with E-state index in [0.29, 0.717) is 5.02 Å². The van der Waals surface area contributed by atoms with Gasteiger partial charge in [0.2, 0.25) is 0 Å². The predicted molar refractivity (Wildman–Crippen MR) is 110 cm³/mol. The van der Waals surface area contributed by atoms with Gasteiger partial charge in [0.1, 0.15) is 12.1 Å². The molecule has 0 saturated heterocycles. The van der Waals surface area contributed by atoms with Crippen LogP contribution >= 0.6 is 11.6 Å². The van der Waals surface area contributed by atoms with E-state index in [-0.39, 0.29) is 0 Å². The lowest BCUT2D eigenvalue weighted by Gasteiger charge is -2.22. The van der Waals surface area contributed by atoms with Gasteiger partial charge in [0.15, 0.2) is 5.65 Å². The second kappa shape index (κ2) is 7.37. The van der Waals surface area contributed by atoms with E-state index in [0.717, 1.165) is 41.2 Å². The molecule has 2 aromatic carbocycles. The Morgan fingerprint density at radius 2 is 1.89 bits per heavy atom. The molecule has 2 aromatic heterocycles. The van der Waals surface area contributed by atoms with Crippen molar-refractivity contribution in [3.05, 3.63) is 77.2 Å². The molecule has 5 nitrogen and oxygen atoms in total. The highest BCUT2D eigenvalue weighted by Gasteiger charge is 2.16. The normalized spacial score (nSPS) is 11.1. The number of fused-ring (bicyclic) bond motifs is 1. The number of halogens is 1. The average Bonchev–Trinajstić information content (AvgIpc) is 3.11. The molecule has 0 unspecified atom stereocenters. The summed E-state index contributed by atoms with van der Waals surface area (Å²) in [4.78, 5) is 11.3. The molecule has 6 heteroatoms. The first-order chi connectivity index (χ1) is 13.2. The molecule has 0 fully saturated rings. The number of rotatable bonds is 5. The molecular weight excluding hydrogens is 358 g/mol. The number of anilines is 1. The van der Waals surface area contributed by atoms with Gasteiger partial charge in [-0.15, -0.1) is 0 Å². The molecule has 2 heterocycles. The summed E-state index contributed by atoms with van der Waals surface area (Å²) < 4.78 is 1.85. The van der Waals surface area contributed by atoms with Crippen LogP contribution in [0.25, 0.3) is 16.7 Å². The Bertz CT molecular complexity index is 1070. The lowest BCUT2D eigenvalue weighted by molar-refractivity contribution is 0.815. The van der Waals surface area contributed by atoms with Gasteiger partial charge >= 0.3 is 0 Å². The molecule has 4 rings (SSSR count). The van der Waals surface area contributed by atoms with Gasteiger partial charge in [-0.25, -0.2) is 14.6 Å². The van der Waals surface area contributed by atoms with Crippen molar-refractivity contribution < 1.29 is 0 Å². The summed E-state index contributed by atoms with van der Waals surface area (Å²) in [7, 11) is 0. The Labute approximate surface area is 163 Å². The first kappa shape index (κ1) is 17.5. The minimum atomic E-state index is 0.711. The van der Waals surface area contributed by atoms with Crippen molar-refractivity contribution in [1.29, 1.82) is 0 Å². The van der Waals surface area contributed by atoms with Crippen LogP contribution in [0.4, 0.5) is 5.82 Å². The number of hydrogen-bond acceptors (Lipinski definition) is 4.